The molecule has 27 heavy (non-hydrogen) atoms. The van der Waals surface area contributed by atoms with Gasteiger partial charge in [0.05, 0.1) is 0 Å². The molecule has 1 aliphatic rings. The Kier molecular flexibility index (Phi) is 6.32. The molecular weight excluding hydrogens is 366 g/mol. The first kappa shape index (κ1) is 21.4. The molecule has 1 fully saturated rings. The van der Waals surface area contributed by atoms with Gasteiger partial charge in [-0.2, -0.15) is 0 Å². The van der Waals surface area contributed by atoms with Crippen LogP contribution in [0.15, 0.2) is 30.3 Å². The molecule has 1 heterocycles. The Balaban J connectivity index is 1.89. The molecular formula is C19H29N3O4S. The van der Waals surface area contributed by atoms with Gasteiger partial charge in [-0.15, -0.1) is 0 Å². The quantitative estimate of drug-likeness (QED) is 0.677. The van der Waals surface area contributed by atoms with E-state index < -0.39 is 33.2 Å². The monoisotopic (exact) mass is 395 g/mol. The number of carbonyl (C=O) groups excluding carboxylic acids is 2. The van der Waals surface area contributed by atoms with Crippen LogP contribution in [-0.2, 0) is 19.4 Å². The zero-order valence-corrected chi connectivity index (χ0v) is 17.2. The average molecular weight is 396 g/mol. The number of hydrogen-bond donors (Lipinski definition) is 3. The third-order valence-electron chi connectivity index (χ3n) is 4.31. The first-order chi connectivity index (χ1) is 12.4. The number of para-hydroxylation sites is 1. The van der Waals surface area contributed by atoms with Crippen molar-refractivity contribution in [3.63, 3.8) is 0 Å². The lowest BCUT2D eigenvalue weighted by atomic mass is 9.79. The minimum atomic E-state index is -3.85. The topological polar surface area (TPSA) is 104 Å². The summed E-state index contributed by atoms with van der Waals surface area (Å²) in [5.41, 5.74) is 0.198. The second-order valence-corrected chi connectivity index (χ2v) is 10.6. The van der Waals surface area contributed by atoms with Crippen molar-refractivity contribution < 1.29 is 18.0 Å². The van der Waals surface area contributed by atoms with Crippen LogP contribution in [0.2, 0.25) is 0 Å². The van der Waals surface area contributed by atoms with Gasteiger partial charge >= 0.3 is 0 Å². The zero-order chi connectivity index (χ0) is 20.3. The van der Waals surface area contributed by atoms with Crippen molar-refractivity contribution in [3.05, 3.63) is 30.3 Å². The Hall–Kier alpha value is -1.93. The molecule has 0 atom stereocenters. The van der Waals surface area contributed by atoms with Gasteiger partial charge in [0.1, 0.15) is 11.5 Å². The predicted octanol–water partition coefficient (Wildman–Crippen LogP) is 1.47. The molecule has 0 spiro atoms. The van der Waals surface area contributed by atoms with Crippen LogP contribution in [0, 0.1) is 0 Å². The third-order valence-corrected chi connectivity index (χ3v) is 5.72. The summed E-state index contributed by atoms with van der Waals surface area (Å²) in [5.74, 6) is -2.64. The molecule has 0 unspecified atom stereocenters. The van der Waals surface area contributed by atoms with E-state index in [0.29, 0.717) is 18.5 Å². The summed E-state index contributed by atoms with van der Waals surface area (Å²) in [7, 11) is -3.85. The van der Waals surface area contributed by atoms with Crippen molar-refractivity contribution in [3.8, 4) is 0 Å². The van der Waals surface area contributed by atoms with E-state index >= 15 is 0 Å². The molecule has 2 amide bonds. The minimum Gasteiger partial charge on any atom is -0.352 e. The first-order valence-electron chi connectivity index (χ1n) is 9.00. The van der Waals surface area contributed by atoms with Crippen molar-refractivity contribution >= 4 is 27.3 Å². The van der Waals surface area contributed by atoms with Crippen molar-refractivity contribution in [1.82, 2.24) is 10.6 Å². The van der Waals surface area contributed by atoms with E-state index in [9.17, 15) is 18.0 Å². The maximum Gasteiger partial charge on any atom is 0.239 e. The fourth-order valence-electron chi connectivity index (χ4n) is 3.86. The van der Waals surface area contributed by atoms with Crippen LogP contribution < -0.4 is 16.0 Å². The molecule has 2 rings (SSSR count). The molecule has 7 nitrogen and oxygen atoms in total. The van der Waals surface area contributed by atoms with Gasteiger partial charge in [0.2, 0.25) is 11.8 Å². The summed E-state index contributed by atoms with van der Waals surface area (Å²) in [4.78, 5) is 24.2. The number of hydrogen-bond acceptors (Lipinski definition) is 5. The Morgan fingerprint density at radius 2 is 1.52 bits per heavy atom. The van der Waals surface area contributed by atoms with Gasteiger partial charge in [-0.25, -0.2) is 8.42 Å². The molecule has 0 aromatic heterocycles. The van der Waals surface area contributed by atoms with Crippen LogP contribution in [0.3, 0.4) is 0 Å². The summed E-state index contributed by atoms with van der Waals surface area (Å²) in [5, 5.41) is 8.85. The highest BCUT2D eigenvalue weighted by Crippen LogP contribution is 2.28. The van der Waals surface area contributed by atoms with Gasteiger partial charge in [-0.3, -0.25) is 9.59 Å². The van der Waals surface area contributed by atoms with Crippen molar-refractivity contribution in [1.29, 1.82) is 0 Å². The zero-order valence-electron chi connectivity index (χ0n) is 16.3. The van der Waals surface area contributed by atoms with E-state index in [2.05, 4.69) is 43.6 Å². The highest BCUT2D eigenvalue weighted by molar-refractivity contribution is 7.92. The summed E-state index contributed by atoms with van der Waals surface area (Å²) in [6.07, 6.45) is 1.41. The van der Waals surface area contributed by atoms with Crippen LogP contribution >= 0.6 is 0 Å². The van der Waals surface area contributed by atoms with Crippen LogP contribution in [0.4, 0.5) is 5.69 Å². The van der Waals surface area contributed by atoms with E-state index in [0.717, 1.165) is 0 Å². The molecule has 0 radical (unpaired) electrons. The highest BCUT2D eigenvalue weighted by atomic mass is 32.2. The molecule has 8 heteroatoms. The Morgan fingerprint density at radius 3 is 2.07 bits per heavy atom. The SMILES string of the molecule is CC1(C)CC(NC(=O)CS(=O)(=O)CC(=O)Nc2ccccc2)CC(C)(C)N1. The Morgan fingerprint density at radius 1 is 1.00 bits per heavy atom. The molecule has 150 valence electrons. The summed E-state index contributed by atoms with van der Waals surface area (Å²) in [6, 6.07) is 8.48. The maximum absolute atomic E-state index is 12.2. The lowest BCUT2D eigenvalue weighted by molar-refractivity contribution is -0.119. The predicted molar refractivity (Wildman–Crippen MR) is 106 cm³/mol. The smallest absolute Gasteiger partial charge is 0.239 e. The lowest BCUT2D eigenvalue weighted by Crippen LogP contribution is -2.62. The van der Waals surface area contributed by atoms with Gasteiger partial charge in [0.25, 0.3) is 0 Å². The summed E-state index contributed by atoms with van der Waals surface area (Å²) >= 11 is 0. The van der Waals surface area contributed by atoms with Crippen LogP contribution in [-0.4, -0.2) is 48.9 Å². The van der Waals surface area contributed by atoms with E-state index in [1.54, 1.807) is 30.3 Å². The molecule has 3 N–H and O–H groups in total. The molecule has 0 aliphatic carbocycles. The number of sulfone groups is 1. The lowest BCUT2D eigenvalue weighted by Gasteiger charge is -2.46. The van der Waals surface area contributed by atoms with Crippen LogP contribution in [0.25, 0.3) is 0 Å². The molecule has 1 aromatic carbocycles. The van der Waals surface area contributed by atoms with Crippen molar-refractivity contribution in [2.75, 3.05) is 16.8 Å². The minimum absolute atomic E-state index is 0.114. The van der Waals surface area contributed by atoms with Crippen LogP contribution in [0.5, 0.6) is 0 Å². The van der Waals surface area contributed by atoms with Gasteiger partial charge < -0.3 is 16.0 Å². The standard InChI is InChI=1S/C19H29N3O4S/c1-18(2)10-15(11-19(3,4)22-18)21-17(24)13-27(25,26)12-16(23)20-14-8-6-5-7-9-14/h5-9,15,22H,10-13H2,1-4H3,(H,20,23)(H,21,24). The number of carbonyl (C=O) groups is 2. The first-order valence-corrected chi connectivity index (χ1v) is 10.8. The van der Waals surface area contributed by atoms with Gasteiger partial charge in [0.15, 0.2) is 9.84 Å². The highest BCUT2D eigenvalue weighted by Gasteiger charge is 2.38. The normalized spacial score (nSPS) is 19.3. The second kappa shape index (κ2) is 7.98. The van der Waals surface area contributed by atoms with Crippen molar-refractivity contribution in [2.45, 2.75) is 57.7 Å². The Labute approximate surface area is 161 Å². The van der Waals surface area contributed by atoms with E-state index in [-0.39, 0.29) is 17.1 Å². The van der Waals surface area contributed by atoms with Gasteiger partial charge in [-0.05, 0) is 52.7 Å². The molecule has 1 aromatic rings. The largest absolute Gasteiger partial charge is 0.352 e. The fourth-order valence-corrected chi connectivity index (χ4v) is 4.92. The third kappa shape index (κ3) is 7.30. The summed E-state index contributed by atoms with van der Waals surface area (Å²) in [6.45, 7) is 8.21. The Bertz CT molecular complexity index is 772. The molecule has 0 bridgehead atoms. The number of nitrogens with one attached hydrogen (secondary N) is 3. The van der Waals surface area contributed by atoms with E-state index in [1.807, 2.05) is 0 Å². The number of amides is 2. The second-order valence-electron chi connectivity index (χ2n) is 8.51. The molecule has 0 saturated carbocycles. The number of benzene rings is 1. The van der Waals surface area contributed by atoms with E-state index in [1.165, 1.54) is 0 Å². The molecule has 1 aliphatic heterocycles. The number of anilines is 1. The van der Waals surface area contributed by atoms with E-state index in [4.69, 9.17) is 0 Å². The number of piperidine rings is 1. The van der Waals surface area contributed by atoms with Gasteiger partial charge in [0, 0.05) is 22.8 Å². The average Bonchev–Trinajstić information content (AvgIpc) is 2.42. The molecule has 1 saturated heterocycles. The number of rotatable bonds is 6. The summed E-state index contributed by atoms with van der Waals surface area (Å²) < 4.78 is 24.4. The maximum atomic E-state index is 12.2. The van der Waals surface area contributed by atoms with Gasteiger partial charge in [-0.1, -0.05) is 18.2 Å². The van der Waals surface area contributed by atoms with Crippen molar-refractivity contribution in [2.24, 2.45) is 0 Å². The fraction of sp³-hybridized carbons (Fsp3) is 0.579. The van der Waals surface area contributed by atoms with Crippen LogP contribution in [0.1, 0.15) is 40.5 Å².